The molecule has 0 saturated heterocycles. The van der Waals surface area contributed by atoms with E-state index in [2.05, 4.69) is 0 Å². The molecule has 0 saturated carbocycles. The summed E-state index contributed by atoms with van der Waals surface area (Å²) in [7, 11) is 3.17. The van der Waals surface area contributed by atoms with E-state index in [9.17, 15) is 10.2 Å². The van der Waals surface area contributed by atoms with Crippen LogP contribution in [0.4, 0.5) is 11.4 Å². The summed E-state index contributed by atoms with van der Waals surface area (Å²) in [6.07, 6.45) is 0. The first-order valence-corrected chi connectivity index (χ1v) is 15.8. The van der Waals surface area contributed by atoms with Crippen LogP contribution in [0.15, 0.2) is 140 Å². The molecule has 0 radical (unpaired) electrons. The van der Waals surface area contributed by atoms with Crippen molar-refractivity contribution < 1.29 is 24.5 Å². The van der Waals surface area contributed by atoms with Crippen molar-refractivity contribution in [3.05, 3.63) is 167 Å². The largest absolute Gasteiger partial charge is 0.507 e. The first-order valence-electron chi connectivity index (χ1n) is 15.8. The van der Waals surface area contributed by atoms with Gasteiger partial charge in [-0.2, -0.15) is 0 Å². The van der Waals surface area contributed by atoms with Crippen molar-refractivity contribution in [2.45, 2.75) is 18.6 Å². The van der Waals surface area contributed by atoms with Gasteiger partial charge < -0.3 is 19.7 Å². The number of ether oxygens (including phenoxy) is 2. The van der Waals surface area contributed by atoms with Crippen molar-refractivity contribution in [1.29, 1.82) is 0 Å². The van der Waals surface area contributed by atoms with Crippen molar-refractivity contribution in [1.82, 2.24) is 0 Å². The molecular formula is C42H35NO5. The molecule has 2 N–H and O–H groups in total. The van der Waals surface area contributed by atoms with Crippen molar-refractivity contribution in [2.24, 2.45) is 0 Å². The zero-order valence-electron chi connectivity index (χ0n) is 26.8. The second kappa shape index (κ2) is 12.8. The minimum absolute atomic E-state index is 0.0938. The molecule has 0 fully saturated rings. The number of phenols is 2. The van der Waals surface area contributed by atoms with Crippen LogP contribution in [-0.4, -0.2) is 30.3 Å². The maximum absolute atomic E-state index is 15.6. The van der Waals surface area contributed by atoms with Gasteiger partial charge in [0.2, 0.25) is 0 Å². The number of carbonyl (C=O) groups excluding carboxylic acids is 1. The van der Waals surface area contributed by atoms with Crippen LogP contribution in [0.5, 0.6) is 11.5 Å². The van der Waals surface area contributed by atoms with Crippen LogP contribution in [0, 0.1) is 0 Å². The Balaban J connectivity index is 1.63. The zero-order valence-corrected chi connectivity index (χ0v) is 26.8. The zero-order chi connectivity index (χ0) is 33.3. The lowest BCUT2D eigenvalue weighted by Gasteiger charge is -2.32. The number of amides is 1. The molecule has 0 atom stereocenters. The number of hydrogen-bond donors (Lipinski definition) is 2. The highest BCUT2D eigenvalue weighted by Gasteiger charge is 2.54. The lowest BCUT2D eigenvalue weighted by molar-refractivity contribution is -0.120. The third-order valence-corrected chi connectivity index (χ3v) is 9.10. The smallest absolute Gasteiger partial charge is 0.251 e. The van der Waals surface area contributed by atoms with Gasteiger partial charge in [-0.3, -0.25) is 9.69 Å². The molecule has 0 spiro atoms. The van der Waals surface area contributed by atoms with Crippen molar-refractivity contribution in [3.8, 4) is 33.8 Å². The number of para-hydroxylation sites is 2. The summed E-state index contributed by atoms with van der Waals surface area (Å²) >= 11 is 0. The summed E-state index contributed by atoms with van der Waals surface area (Å²) in [6, 6.07) is 44.3. The van der Waals surface area contributed by atoms with Gasteiger partial charge in [0.15, 0.2) is 0 Å². The Morgan fingerprint density at radius 2 is 1.02 bits per heavy atom. The van der Waals surface area contributed by atoms with Crippen molar-refractivity contribution >= 4 is 17.3 Å². The Kier molecular flexibility index (Phi) is 8.27. The number of phenolic OH excluding ortho intramolecular Hbond substituents is 2. The minimum atomic E-state index is -1.40. The Bertz CT molecular complexity index is 2000. The SMILES string of the molecule is COCc1cc(C2(c3cc(COC)c(O)c(-c4ccccc4)c3)C(=O)N(c3ccccc3)c3ccccc32)cc(-c2ccccc2)c1O. The van der Waals surface area contributed by atoms with E-state index >= 15 is 4.79 Å². The van der Waals surface area contributed by atoms with Gasteiger partial charge in [0, 0.05) is 47.7 Å². The number of fused-ring (bicyclic) bond motifs is 1. The Morgan fingerprint density at radius 3 is 1.50 bits per heavy atom. The first-order chi connectivity index (χ1) is 23.5. The van der Waals surface area contributed by atoms with E-state index in [1.807, 2.05) is 140 Å². The van der Waals surface area contributed by atoms with Gasteiger partial charge in [-0.05, 0) is 64.7 Å². The van der Waals surface area contributed by atoms with E-state index in [1.54, 1.807) is 19.1 Å². The fraction of sp³-hybridized carbons (Fsp3) is 0.119. The second-order valence-corrected chi connectivity index (χ2v) is 11.9. The maximum atomic E-state index is 15.6. The quantitative estimate of drug-likeness (QED) is 0.167. The lowest BCUT2D eigenvalue weighted by atomic mass is 9.68. The highest BCUT2D eigenvalue weighted by atomic mass is 16.5. The number of nitrogens with zero attached hydrogens (tertiary/aromatic N) is 1. The molecule has 1 aliphatic rings. The van der Waals surface area contributed by atoms with E-state index in [-0.39, 0.29) is 30.6 Å². The summed E-state index contributed by atoms with van der Waals surface area (Å²) in [5.41, 5.74) is 6.07. The van der Waals surface area contributed by atoms with Crippen molar-refractivity contribution in [2.75, 3.05) is 19.1 Å². The molecule has 6 aromatic carbocycles. The molecular weight excluding hydrogens is 598 g/mol. The number of benzene rings is 6. The monoisotopic (exact) mass is 633 g/mol. The molecule has 1 aliphatic heterocycles. The molecule has 0 aliphatic carbocycles. The number of carbonyl (C=O) groups is 1. The fourth-order valence-corrected chi connectivity index (χ4v) is 6.96. The topological polar surface area (TPSA) is 79.2 Å². The molecule has 0 aromatic heterocycles. The molecule has 7 rings (SSSR count). The third-order valence-electron chi connectivity index (χ3n) is 9.10. The van der Waals surface area contributed by atoms with Gasteiger partial charge in [-0.15, -0.1) is 0 Å². The van der Waals surface area contributed by atoms with Gasteiger partial charge in [-0.1, -0.05) is 97.1 Å². The standard InChI is InChI=1S/C42H35NO5/c1-47-26-30-22-32(24-35(39(30)44)28-14-6-3-7-15-28)42(33-23-31(27-48-2)40(45)36(25-33)29-16-8-4-9-17-29)37-20-12-13-21-38(37)43(41(42)46)34-18-10-5-11-19-34/h3-25,44-45H,26-27H2,1-2H3. The Labute approximate surface area is 280 Å². The predicted molar refractivity (Wildman–Crippen MR) is 188 cm³/mol. The molecule has 48 heavy (non-hydrogen) atoms. The van der Waals surface area contributed by atoms with Gasteiger partial charge in [0.05, 0.1) is 18.9 Å². The van der Waals surface area contributed by atoms with E-state index in [0.29, 0.717) is 33.4 Å². The van der Waals surface area contributed by atoms with Gasteiger partial charge in [0.25, 0.3) is 5.91 Å². The van der Waals surface area contributed by atoms with Gasteiger partial charge in [-0.25, -0.2) is 0 Å². The number of anilines is 2. The molecule has 238 valence electrons. The summed E-state index contributed by atoms with van der Waals surface area (Å²) in [4.78, 5) is 17.4. The first kappa shape index (κ1) is 30.9. The lowest BCUT2D eigenvalue weighted by Crippen LogP contribution is -2.40. The second-order valence-electron chi connectivity index (χ2n) is 11.9. The van der Waals surface area contributed by atoms with Crippen LogP contribution < -0.4 is 4.90 Å². The summed E-state index contributed by atoms with van der Waals surface area (Å²) in [5, 5.41) is 23.2. The number of aromatic hydroxyl groups is 2. The molecule has 1 heterocycles. The summed E-state index contributed by atoms with van der Waals surface area (Å²) in [6.45, 7) is 0.265. The number of methoxy groups -OCH3 is 2. The molecule has 6 aromatic rings. The Morgan fingerprint density at radius 1 is 0.583 bits per heavy atom. The van der Waals surface area contributed by atoms with Crippen LogP contribution in [0.25, 0.3) is 22.3 Å². The van der Waals surface area contributed by atoms with E-state index < -0.39 is 5.41 Å². The highest BCUT2D eigenvalue weighted by molar-refractivity contribution is 6.17. The fourth-order valence-electron chi connectivity index (χ4n) is 6.96. The number of rotatable bonds is 9. The van der Waals surface area contributed by atoms with E-state index in [1.165, 1.54) is 0 Å². The van der Waals surface area contributed by atoms with E-state index in [4.69, 9.17) is 9.47 Å². The number of hydrogen-bond acceptors (Lipinski definition) is 5. The maximum Gasteiger partial charge on any atom is 0.251 e. The summed E-state index contributed by atoms with van der Waals surface area (Å²) < 4.78 is 11.2. The van der Waals surface area contributed by atoms with Crippen LogP contribution in [0.3, 0.4) is 0 Å². The van der Waals surface area contributed by atoms with Crippen LogP contribution in [0.1, 0.15) is 27.8 Å². The molecule has 0 unspecified atom stereocenters. The van der Waals surface area contributed by atoms with Crippen LogP contribution in [-0.2, 0) is 32.9 Å². The predicted octanol–water partition coefficient (Wildman–Crippen LogP) is 8.74. The van der Waals surface area contributed by atoms with Gasteiger partial charge >= 0.3 is 0 Å². The molecule has 6 nitrogen and oxygen atoms in total. The molecule has 6 heteroatoms. The highest BCUT2D eigenvalue weighted by Crippen LogP contribution is 2.55. The summed E-state index contributed by atoms with van der Waals surface area (Å²) in [5.74, 6) is 0.00346. The molecule has 0 bridgehead atoms. The van der Waals surface area contributed by atoms with E-state index in [0.717, 1.165) is 28.1 Å². The average Bonchev–Trinajstić information content (AvgIpc) is 3.39. The van der Waals surface area contributed by atoms with Crippen LogP contribution in [0.2, 0.25) is 0 Å². The van der Waals surface area contributed by atoms with Gasteiger partial charge in [0.1, 0.15) is 16.9 Å². The van der Waals surface area contributed by atoms with Crippen molar-refractivity contribution in [3.63, 3.8) is 0 Å². The molecule has 1 amide bonds. The minimum Gasteiger partial charge on any atom is -0.507 e. The third kappa shape index (κ3) is 5.03. The normalized spacial score (nSPS) is 13.5. The Hall–Kier alpha value is -5.69. The van der Waals surface area contributed by atoms with Crippen LogP contribution >= 0.6 is 0 Å². The average molecular weight is 634 g/mol.